The number of carbonyl (C=O) groups excluding carboxylic acids is 1. The van der Waals surface area contributed by atoms with Crippen LogP contribution in [0.25, 0.3) is 0 Å². The predicted octanol–water partition coefficient (Wildman–Crippen LogP) is 3.95. The van der Waals surface area contributed by atoms with Crippen molar-refractivity contribution in [3.63, 3.8) is 0 Å². The van der Waals surface area contributed by atoms with Crippen LogP contribution in [0.1, 0.15) is 65.2 Å². The molecule has 0 aromatic heterocycles. The highest BCUT2D eigenvalue weighted by Crippen LogP contribution is 2.68. The van der Waals surface area contributed by atoms with E-state index in [1.54, 1.807) is 0 Å². The van der Waals surface area contributed by atoms with E-state index < -0.39 is 0 Å². The summed E-state index contributed by atoms with van der Waals surface area (Å²) >= 11 is 0. The summed E-state index contributed by atoms with van der Waals surface area (Å²) in [6.07, 6.45) is 9.18. The molecule has 0 amide bonds. The number of hydrogen-bond acceptors (Lipinski definition) is 3. The van der Waals surface area contributed by atoms with Gasteiger partial charge in [0, 0.05) is 24.7 Å². The van der Waals surface area contributed by atoms with E-state index in [-0.39, 0.29) is 11.2 Å². The molecule has 0 aromatic carbocycles. The van der Waals surface area contributed by atoms with Crippen molar-refractivity contribution in [2.45, 2.75) is 71.0 Å². The van der Waals surface area contributed by atoms with Crippen LogP contribution in [-0.2, 0) is 14.3 Å². The molecule has 5 rings (SSSR count). The number of hydrogen-bond donors (Lipinski definition) is 0. The van der Waals surface area contributed by atoms with Crippen LogP contribution in [0, 0.1) is 34.5 Å². The summed E-state index contributed by atoms with van der Waals surface area (Å²) in [4.78, 5) is 12.5. The lowest BCUT2D eigenvalue weighted by Gasteiger charge is -2.56. The SMILES string of the molecule is C[C@]12CC3(CC1CC[C@@H]1[C@@H]2CC[C@]2(C)C(=O)CC[C@@H]12)OCCO3. The van der Waals surface area contributed by atoms with Gasteiger partial charge in [-0.05, 0) is 61.2 Å². The Morgan fingerprint density at radius 1 is 1.00 bits per heavy atom. The molecule has 0 N–H and O–H groups in total. The van der Waals surface area contributed by atoms with E-state index in [9.17, 15) is 4.79 Å². The van der Waals surface area contributed by atoms with Gasteiger partial charge in [-0.15, -0.1) is 0 Å². The minimum absolute atomic E-state index is 0.00101. The molecule has 5 aliphatic rings. The molecular formula is C20H30O3. The summed E-state index contributed by atoms with van der Waals surface area (Å²) in [7, 11) is 0. The minimum Gasteiger partial charge on any atom is -0.348 e. The van der Waals surface area contributed by atoms with Gasteiger partial charge in [0.25, 0.3) is 0 Å². The highest BCUT2D eigenvalue weighted by atomic mass is 16.7. The zero-order valence-electron chi connectivity index (χ0n) is 14.6. The molecule has 0 radical (unpaired) electrons. The monoisotopic (exact) mass is 318 g/mol. The first-order valence-corrected chi connectivity index (χ1v) is 9.78. The van der Waals surface area contributed by atoms with Crippen LogP contribution in [0.3, 0.4) is 0 Å². The Bertz CT molecular complexity index is 537. The molecule has 4 saturated carbocycles. The summed E-state index contributed by atoms with van der Waals surface area (Å²) in [5.41, 5.74) is 0.362. The van der Waals surface area contributed by atoms with E-state index in [2.05, 4.69) is 13.8 Å². The van der Waals surface area contributed by atoms with Crippen molar-refractivity contribution in [2.24, 2.45) is 34.5 Å². The topological polar surface area (TPSA) is 35.5 Å². The molecule has 0 bridgehead atoms. The molecule has 23 heavy (non-hydrogen) atoms. The molecule has 128 valence electrons. The van der Waals surface area contributed by atoms with Gasteiger partial charge in [0.15, 0.2) is 5.79 Å². The van der Waals surface area contributed by atoms with Gasteiger partial charge in [-0.2, -0.15) is 0 Å². The summed E-state index contributed by atoms with van der Waals surface area (Å²) in [5, 5.41) is 0. The van der Waals surface area contributed by atoms with Crippen molar-refractivity contribution in [3.05, 3.63) is 0 Å². The van der Waals surface area contributed by atoms with E-state index in [1.165, 1.54) is 19.3 Å². The van der Waals surface area contributed by atoms with Crippen LogP contribution in [0.4, 0.5) is 0 Å². The Balaban J connectivity index is 1.47. The van der Waals surface area contributed by atoms with Gasteiger partial charge >= 0.3 is 0 Å². The normalized spacial score (nSPS) is 54.1. The third-order valence-electron chi connectivity index (χ3n) is 8.80. The molecule has 6 atom stereocenters. The van der Waals surface area contributed by atoms with Crippen molar-refractivity contribution in [1.82, 2.24) is 0 Å². The highest BCUT2D eigenvalue weighted by molar-refractivity contribution is 5.87. The van der Waals surface area contributed by atoms with Crippen LogP contribution in [0.15, 0.2) is 0 Å². The van der Waals surface area contributed by atoms with Crippen LogP contribution < -0.4 is 0 Å². The Hall–Kier alpha value is -0.410. The third kappa shape index (κ3) is 1.81. The largest absolute Gasteiger partial charge is 0.348 e. The maximum atomic E-state index is 12.5. The fourth-order valence-corrected chi connectivity index (χ4v) is 7.66. The highest BCUT2D eigenvalue weighted by Gasteiger charge is 2.65. The quantitative estimate of drug-likeness (QED) is 0.678. The zero-order valence-corrected chi connectivity index (χ0v) is 14.6. The minimum atomic E-state index is -0.263. The van der Waals surface area contributed by atoms with Crippen molar-refractivity contribution >= 4 is 5.78 Å². The van der Waals surface area contributed by atoms with Crippen LogP contribution in [-0.4, -0.2) is 24.8 Å². The average Bonchev–Trinajstić information content (AvgIpc) is 3.16. The van der Waals surface area contributed by atoms with Gasteiger partial charge in [0.1, 0.15) is 5.78 Å². The van der Waals surface area contributed by atoms with Gasteiger partial charge < -0.3 is 9.47 Å². The van der Waals surface area contributed by atoms with Gasteiger partial charge in [-0.25, -0.2) is 0 Å². The van der Waals surface area contributed by atoms with E-state index in [0.717, 1.165) is 63.1 Å². The number of ether oxygens (including phenoxy) is 2. The maximum Gasteiger partial charge on any atom is 0.169 e. The van der Waals surface area contributed by atoms with Crippen LogP contribution in [0.2, 0.25) is 0 Å². The zero-order chi connectivity index (χ0) is 15.9. The number of rotatable bonds is 0. The lowest BCUT2D eigenvalue weighted by atomic mass is 9.48. The lowest BCUT2D eigenvalue weighted by molar-refractivity contribution is -0.162. The summed E-state index contributed by atoms with van der Waals surface area (Å²) in [6, 6.07) is 0. The molecule has 1 aliphatic heterocycles. The Labute approximate surface area is 139 Å². The summed E-state index contributed by atoms with van der Waals surface area (Å²) in [6.45, 7) is 6.34. The smallest absolute Gasteiger partial charge is 0.169 e. The van der Waals surface area contributed by atoms with Gasteiger partial charge in [-0.1, -0.05) is 13.8 Å². The number of fused-ring (bicyclic) bond motifs is 5. The lowest BCUT2D eigenvalue weighted by Crippen LogP contribution is -2.50. The number of ketones is 1. The average molecular weight is 318 g/mol. The molecule has 1 heterocycles. The first-order chi connectivity index (χ1) is 11.0. The standard InChI is InChI=1S/C20H30O3/c1-18-8-7-16-14(15(18)5-6-17(18)21)4-3-13-11-20(12-19(13,16)2)22-9-10-23-20/h13-16H,3-12H2,1-2H3/t13?,14-,15-,16-,18-,19-/m0/s1. The van der Waals surface area contributed by atoms with Crippen molar-refractivity contribution < 1.29 is 14.3 Å². The van der Waals surface area contributed by atoms with E-state index >= 15 is 0 Å². The third-order valence-corrected chi connectivity index (χ3v) is 8.80. The van der Waals surface area contributed by atoms with Crippen molar-refractivity contribution in [2.75, 3.05) is 13.2 Å². The van der Waals surface area contributed by atoms with Crippen LogP contribution in [0.5, 0.6) is 0 Å². The maximum absolute atomic E-state index is 12.5. The molecular weight excluding hydrogens is 288 g/mol. The number of carbonyl (C=O) groups is 1. The van der Waals surface area contributed by atoms with E-state index in [1.807, 2.05) is 0 Å². The molecule has 5 fully saturated rings. The molecule has 1 unspecified atom stereocenters. The first-order valence-electron chi connectivity index (χ1n) is 9.78. The second-order valence-electron chi connectivity index (χ2n) is 9.56. The Kier molecular flexibility index (Phi) is 2.98. The molecule has 3 heteroatoms. The summed E-state index contributed by atoms with van der Waals surface area (Å²) in [5.74, 6) is 3.23. The molecule has 1 spiro atoms. The van der Waals surface area contributed by atoms with Gasteiger partial charge in [-0.3, -0.25) is 4.79 Å². The number of Topliss-reactive ketones (excluding diaryl/α,β-unsaturated/α-hetero) is 1. The predicted molar refractivity (Wildman–Crippen MR) is 86.8 cm³/mol. The Morgan fingerprint density at radius 2 is 1.78 bits per heavy atom. The van der Waals surface area contributed by atoms with Gasteiger partial charge in [0.2, 0.25) is 0 Å². The van der Waals surface area contributed by atoms with Crippen LogP contribution >= 0.6 is 0 Å². The van der Waals surface area contributed by atoms with E-state index in [0.29, 0.717) is 17.1 Å². The summed E-state index contributed by atoms with van der Waals surface area (Å²) < 4.78 is 12.2. The molecule has 0 aromatic rings. The van der Waals surface area contributed by atoms with Crippen molar-refractivity contribution in [3.8, 4) is 0 Å². The van der Waals surface area contributed by atoms with E-state index in [4.69, 9.17) is 9.47 Å². The molecule has 4 aliphatic carbocycles. The fourth-order valence-electron chi connectivity index (χ4n) is 7.66. The van der Waals surface area contributed by atoms with Crippen molar-refractivity contribution in [1.29, 1.82) is 0 Å². The first kappa shape index (κ1) is 14.9. The Morgan fingerprint density at radius 3 is 2.57 bits per heavy atom. The fraction of sp³-hybridized carbons (Fsp3) is 0.950. The molecule has 1 saturated heterocycles. The second kappa shape index (κ2) is 4.60. The van der Waals surface area contributed by atoms with Gasteiger partial charge in [0.05, 0.1) is 13.2 Å². The molecule has 3 nitrogen and oxygen atoms in total. The second-order valence-corrected chi connectivity index (χ2v) is 9.56.